The Morgan fingerprint density at radius 2 is 1.78 bits per heavy atom. The van der Waals surface area contributed by atoms with Gasteiger partial charge in [0, 0.05) is 0 Å². The monoisotopic (exact) mass is 244 g/mol. The third-order valence-electron chi connectivity index (χ3n) is 2.47. The molecule has 18 heavy (non-hydrogen) atoms. The lowest BCUT2D eigenvalue weighted by Crippen LogP contribution is -1.96. The largest absolute Gasteiger partial charge is 0.494 e. The highest BCUT2D eigenvalue weighted by atomic mass is 16.5. The van der Waals surface area contributed by atoms with Gasteiger partial charge >= 0.3 is 0 Å². The van der Waals surface area contributed by atoms with Crippen LogP contribution in [0.5, 0.6) is 5.75 Å². The molecule has 0 fully saturated rings. The van der Waals surface area contributed by atoms with E-state index in [0.717, 1.165) is 23.0 Å². The minimum Gasteiger partial charge on any atom is -0.494 e. The normalized spacial score (nSPS) is 11.1. The van der Waals surface area contributed by atoms with Gasteiger partial charge in [-0.2, -0.15) is 5.10 Å². The Bertz CT molecular complexity index is 523. The topological polar surface area (TPSA) is 52.3 Å². The molecule has 0 aliphatic heterocycles. The zero-order chi connectivity index (χ0) is 13.0. The van der Waals surface area contributed by atoms with Gasteiger partial charge in [-0.1, -0.05) is 0 Å². The van der Waals surface area contributed by atoms with E-state index in [1.807, 2.05) is 45.0 Å². The maximum absolute atomic E-state index is 5.38. The number of ether oxygens (including phenoxy) is 1. The second-order valence-corrected chi connectivity index (χ2v) is 3.85. The summed E-state index contributed by atoms with van der Waals surface area (Å²) >= 11 is 0. The molecular weight excluding hydrogens is 228 g/mol. The molecule has 0 aliphatic rings. The van der Waals surface area contributed by atoms with Crippen LogP contribution in [-0.4, -0.2) is 27.7 Å². The van der Waals surface area contributed by atoms with E-state index >= 15 is 0 Å². The number of nitrogens with zero attached hydrogens (tertiary/aromatic N) is 4. The fraction of sp³-hybridized carbons (Fsp3) is 0.308. The lowest BCUT2D eigenvalue weighted by Gasteiger charge is -2.02. The van der Waals surface area contributed by atoms with Crippen LogP contribution in [0.2, 0.25) is 0 Å². The lowest BCUT2D eigenvalue weighted by atomic mass is 10.2. The van der Waals surface area contributed by atoms with Gasteiger partial charge in [-0.05, 0) is 50.6 Å². The van der Waals surface area contributed by atoms with Gasteiger partial charge in [-0.25, -0.2) is 4.68 Å². The van der Waals surface area contributed by atoms with Crippen molar-refractivity contribution in [2.45, 2.75) is 20.8 Å². The van der Waals surface area contributed by atoms with Gasteiger partial charge < -0.3 is 4.74 Å². The summed E-state index contributed by atoms with van der Waals surface area (Å²) in [4.78, 5) is 0. The first-order chi connectivity index (χ1) is 8.70. The summed E-state index contributed by atoms with van der Waals surface area (Å²) < 4.78 is 7.08. The highest BCUT2D eigenvalue weighted by molar-refractivity contribution is 5.79. The molecule has 0 saturated heterocycles. The van der Waals surface area contributed by atoms with Gasteiger partial charge in [0.1, 0.15) is 5.75 Å². The summed E-state index contributed by atoms with van der Waals surface area (Å²) in [6, 6.07) is 7.78. The fourth-order valence-corrected chi connectivity index (χ4v) is 1.57. The van der Waals surface area contributed by atoms with E-state index < -0.39 is 0 Å². The Labute approximate surface area is 106 Å². The van der Waals surface area contributed by atoms with Gasteiger partial charge in [0.25, 0.3) is 0 Å². The highest BCUT2D eigenvalue weighted by Gasteiger charge is 2.01. The highest BCUT2D eigenvalue weighted by Crippen LogP contribution is 2.11. The molecule has 0 spiro atoms. The number of hydrogen-bond acceptors (Lipinski definition) is 4. The minimum atomic E-state index is 0.673. The molecule has 2 aromatic rings. The zero-order valence-electron chi connectivity index (χ0n) is 10.8. The molecule has 5 nitrogen and oxygen atoms in total. The van der Waals surface area contributed by atoms with Crippen molar-refractivity contribution in [3.8, 4) is 5.75 Å². The molecule has 2 rings (SSSR count). The minimum absolute atomic E-state index is 0.673. The van der Waals surface area contributed by atoms with E-state index in [-0.39, 0.29) is 0 Å². The second kappa shape index (κ2) is 5.44. The van der Waals surface area contributed by atoms with Crippen LogP contribution in [0.4, 0.5) is 0 Å². The van der Waals surface area contributed by atoms with E-state index in [2.05, 4.69) is 15.3 Å². The Hall–Kier alpha value is -2.17. The second-order valence-electron chi connectivity index (χ2n) is 3.85. The zero-order valence-corrected chi connectivity index (χ0v) is 10.8. The molecule has 0 N–H and O–H groups in total. The van der Waals surface area contributed by atoms with Crippen LogP contribution in [0.1, 0.15) is 24.1 Å². The van der Waals surface area contributed by atoms with Crippen LogP contribution < -0.4 is 4.74 Å². The molecule has 0 amide bonds. The maximum atomic E-state index is 5.38. The molecule has 0 unspecified atom stereocenters. The van der Waals surface area contributed by atoms with Crippen molar-refractivity contribution in [2.24, 2.45) is 5.10 Å². The summed E-state index contributed by atoms with van der Waals surface area (Å²) in [5, 5.41) is 12.2. The number of rotatable bonds is 4. The summed E-state index contributed by atoms with van der Waals surface area (Å²) in [6.07, 6.45) is 1.78. The molecule has 5 heteroatoms. The number of aryl methyl sites for hydroxylation is 2. The van der Waals surface area contributed by atoms with Crippen LogP contribution >= 0.6 is 0 Å². The molecule has 1 aromatic heterocycles. The third kappa shape index (κ3) is 2.74. The summed E-state index contributed by atoms with van der Waals surface area (Å²) in [7, 11) is 0. The molecule has 0 atom stereocenters. The van der Waals surface area contributed by atoms with Crippen molar-refractivity contribution >= 4 is 6.21 Å². The lowest BCUT2D eigenvalue weighted by molar-refractivity contribution is 0.340. The summed E-state index contributed by atoms with van der Waals surface area (Å²) in [5.74, 6) is 2.41. The van der Waals surface area contributed by atoms with Crippen LogP contribution in [0.15, 0.2) is 29.4 Å². The molecule has 0 aliphatic carbocycles. The smallest absolute Gasteiger partial charge is 0.151 e. The Balaban J connectivity index is 2.14. The van der Waals surface area contributed by atoms with Crippen LogP contribution in [0.3, 0.4) is 0 Å². The Morgan fingerprint density at radius 3 is 2.33 bits per heavy atom. The van der Waals surface area contributed by atoms with Crippen molar-refractivity contribution < 1.29 is 4.74 Å². The van der Waals surface area contributed by atoms with Crippen molar-refractivity contribution in [1.29, 1.82) is 0 Å². The summed E-state index contributed by atoms with van der Waals surface area (Å²) in [5.41, 5.74) is 1.01. The maximum Gasteiger partial charge on any atom is 0.151 e. The number of benzene rings is 1. The predicted octanol–water partition coefficient (Wildman–Crippen LogP) is 2.18. The Kier molecular flexibility index (Phi) is 3.72. The van der Waals surface area contributed by atoms with Gasteiger partial charge in [0.2, 0.25) is 0 Å². The van der Waals surface area contributed by atoms with E-state index in [1.165, 1.54) is 0 Å². The van der Waals surface area contributed by atoms with Gasteiger partial charge in [0.05, 0.1) is 12.8 Å². The van der Waals surface area contributed by atoms with Gasteiger partial charge in [-0.3, -0.25) is 0 Å². The number of aromatic nitrogens is 3. The molecule has 1 heterocycles. The van der Waals surface area contributed by atoms with Crippen molar-refractivity contribution in [3.63, 3.8) is 0 Å². The molecule has 0 saturated carbocycles. The predicted molar refractivity (Wildman–Crippen MR) is 70.1 cm³/mol. The standard InChI is InChI=1S/C13H16N4O/c1-4-18-13-7-5-12(6-8-13)9-14-17-10(2)15-16-11(17)3/h5-9H,4H2,1-3H3. The first kappa shape index (κ1) is 12.3. The van der Waals surface area contributed by atoms with E-state index in [4.69, 9.17) is 4.74 Å². The van der Waals surface area contributed by atoms with E-state index in [1.54, 1.807) is 10.9 Å². The average molecular weight is 244 g/mol. The van der Waals surface area contributed by atoms with Crippen molar-refractivity contribution in [1.82, 2.24) is 14.9 Å². The first-order valence-electron chi connectivity index (χ1n) is 5.86. The third-order valence-corrected chi connectivity index (χ3v) is 2.47. The van der Waals surface area contributed by atoms with E-state index in [9.17, 15) is 0 Å². The van der Waals surface area contributed by atoms with Crippen molar-refractivity contribution in [2.75, 3.05) is 6.61 Å². The fourth-order valence-electron chi connectivity index (χ4n) is 1.57. The number of hydrogen-bond donors (Lipinski definition) is 0. The SMILES string of the molecule is CCOc1ccc(C=Nn2c(C)nnc2C)cc1. The van der Waals surface area contributed by atoms with Crippen LogP contribution in [0, 0.1) is 13.8 Å². The quantitative estimate of drug-likeness (QED) is 0.774. The molecule has 0 bridgehead atoms. The van der Waals surface area contributed by atoms with Crippen LogP contribution in [0.25, 0.3) is 0 Å². The molecule has 94 valence electrons. The van der Waals surface area contributed by atoms with E-state index in [0.29, 0.717) is 6.61 Å². The summed E-state index contributed by atoms with van der Waals surface area (Å²) in [6.45, 7) is 6.38. The van der Waals surface area contributed by atoms with Gasteiger partial charge in [0.15, 0.2) is 11.6 Å². The van der Waals surface area contributed by atoms with Crippen molar-refractivity contribution in [3.05, 3.63) is 41.5 Å². The van der Waals surface area contributed by atoms with Gasteiger partial charge in [-0.15, -0.1) is 10.2 Å². The molecular formula is C13H16N4O. The van der Waals surface area contributed by atoms with Crippen LogP contribution in [-0.2, 0) is 0 Å². The molecule has 1 aromatic carbocycles. The Morgan fingerprint density at radius 1 is 1.17 bits per heavy atom. The first-order valence-corrected chi connectivity index (χ1v) is 5.86. The average Bonchev–Trinajstić information content (AvgIpc) is 2.69. The molecule has 0 radical (unpaired) electrons.